The number of rotatable bonds is 4. The molecule has 0 aromatic carbocycles. The summed E-state index contributed by atoms with van der Waals surface area (Å²) >= 11 is 0. The van der Waals surface area contributed by atoms with E-state index < -0.39 is 0 Å². The molecule has 3 rings (SSSR count). The summed E-state index contributed by atoms with van der Waals surface area (Å²) in [7, 11) is 0. The van der Waals surface area contributed by atoms with Crippen LogP contribution in [-0.4, -0.2) is 12.4 Å². The zero-order chi connectivity index (χ0) is 16.8. The maximum atomic E-state index is 4.40. The van der Waals surface area contributed by atoms with Crippen LogP contribution in [0.25, 0.3) is 0 Å². The lowest BCUT2D eigenvalue weighted by Crippen LogP contribution is -2.25. The molecule has 136 valence electrons. The molecule has 3 aliphatic rings. The van der Waals surface area contributed by atoms with Crippen molar-refractivity contribution in [3.63, 3.8) is 0 Å². The largest absolute Gasteiger partial charge is 0.164 e. The predicted octanol–water partition coefficient (Wildman–Crippen LogP) is 6.50. The second-order valence-electron chi connectivity index (χ2n) is 9.24. The van der Waals surface area contributed by atoms with Gasteiger partial charge in [-0.3, -0.25) is 0 Å². The molecule has 0 unspecified atom stereocenters. The topological polar surface area (TPSA) is 24.7 Å². The van der Waals surface area contributed by atoms with Crippen LogP contribution in [-0.2, 0) is 0 Å². The monoisotopic (exact) mass is 330 g/mol. The van der Waals surface area contributed by atoms with E-state index in [-0.39, 0.29) is 0 Å². The number of nitrogens with zero attached hydrogens (tertiary/aromatic N) is 2. The Labute approximate surface area is 149 Å². The Balaban J connectivity index is 1.34. The molecule has 0 N–H and O–H groups in total. The molecule has 0 aromatic heterocycles. The molecule has 2 heteroatoms. The quantitative estimate of drug-likeness (QED) is 0.415. The zero-order valence-electron chi connectivity index (χ0n) is 16.0. The zero-order valence-corrected chi connectivity index (χ0v) is 16.0. The van der Waals surface area contributed by atoms with E-state index in [1.165, 1.54) is 77.0 Å². The van der Waals surface area contributed by atoms with Crippen molar-refractivity contribution in [2.75, 3.05) is 0 Å². The van der Waals surface area contributed by atoms with E-state index >= 15 is 0 Å². The van der Waals surface area contributed by atoms with Gasteiger partial charge in [0.05, 0.1) is 0 Å². The van der Waals surface area contributed by atoms with Gasteiger partial charge >= 0.3 is 0 Å². The molecule has 3 saturated carbocycles. The van der Waals surface area contributed by atoms with E-state index in [4.69, 9.17) is 0 Å². The summed E-state index contributed by atoms with van der Waals surface area (Å²) in [5.41, 5.74) is 0. The minimum absolute atomic E-state index is 0.683. The summed E-state index contributed by atoms with van der Waals surface area (Å²) in [6.45, 7) is 4.80. The van der Waals surface area contributed by atoms with E-state index in [1.54, 1.807) is 0 Å². The molecule has 24 heavy (non-hydrogen) atoms. The molecule has 0 bridgehead atoms. The highest BCUT2D eigenvalue weighted by molar-refractivity contribution is 5.64. The Morgan fingerprint density at radius 1 is 0.500 bits per heavy atom. The van der Waals surface area contributed by atoms with Crippen molar-refractivity contribution < 1.29 is 0 Å². The van der Waals surface area contributed by atoms with E-state index in [2.05, 4.69) is 36.5 Å². The molecule has 2 nitrogen and oxygen atoms in total. The Bertz CT molecular complexity index is 404. The molecular formula is C22H38N2. The summed E-state index contributed by atoms with van der Waals surface area (Å²) in [5.74, 6) is 5.31. The summed E-state index contributed by atoms with van der Waals surface area (Å²) in [6, 6.07) is 0. The second-order valence-corrected chi connectivity index (χ2v) is 9.24. The molecular weight excluding hydrogens is 292 g/mol. The van der Waals surface area contributed by atoms with Gasteiger partial charge in [0, 0.05) is 12.4 Å². The first kappa shape index (κ1) is 18.1. The molecule has 3 fully saturated rings. The van der Waals surface area contributed by atoms with Crippen molar-refractivity contribution in [1.29, 1.82) is 0 Å². The molecule has 0 aliphatic heterocycles. The lowest BCUT2D eigenvalue weighted by Gasteiger charge is -2.36. The van der Waals surface area contributed by atoms with Crippen LogP contribution in [0.1, 0.15) is 90.9 Å². The summed E-state index contributed by atoms with van der Waals surface area (Å²) in [4.78, 5) is 0. The molecule has 0 amide bonds. The Kier molecular flexibility index (Phi) is 6.92. The smallest absolute Gasteiger partial charge is 0.0301 e. The van der Waals surface area contributed by atoms with Gasteiger partial charge in [0.2, 0.25) is 0 Å². The van der Waals surface area contributed by atoms with Gasteiger partial charge in [-0.2, -0.15) is 10.2 Å². The Morgan fingerprint density at radius 2 is 0.833 bits per heavy atom. The number of hydrogen-bond donors (Lipinski definition) is 0. The minimum atomic E-state index is 0.683. The molecule has 0 aromatic rings. The third-order valence-corrected chi connectivity index (χ3v) is 7.23. The van der Waals surface area contributed by atoms with Crippen molar-refractivity contribution in [3.8, 4) is 0 Å². The summed E-state index contributed by atoms with van der Waals surface area (Å²) in [6.07, 6.45) is 21.1. The van der Waals surface area contributed by atoms with Crippen molar-refractivity contribution in [2.24, 2.45) is 45.7 Å². The SMILES string of the molecule is CC1CCC(/C=N\N=C/C2CCC(C3CCC(C)CC3)CC2)CC1. The van der Waals surface area contributed by atoms with Crippen molar-refractivity contribution in [3.05, 3.63) is 0 Å². The van der Waals surface area contributed by atoms with Gasteiger partial charge in [0.25, 0.3) is 0 Å². The highest BCUT2D eigenvalue weighted by Gasteiger charge is 2.29. The van der Waals surface area contributed by atoms with Crippen molar-refractivity contribution in [2.45, 2.75) is 90.9 Å². The molecule has 0 atom stereocenters. The predicted molar refractivity (Wildman–Crippen MR) is 105 cm³/mol. The standard InChI is InChI=1S/C22H38N2/c1-17-3-7-19(8-4-17)15-23-24-16-20-9-13-22(14-10-20)21-11-5-18(2)6-12-21/h15-22H,3-14H2,1-2H3/b23-15-,24-16-. The van der Waals surface area contributed by atoms with Crippen molar-refractivity contribution in [1.82, 2.24) is 0 Å². The molecule has 0 saturated heterocycles. The van der Waals surface area contributed by atoms with Gasteiger partial charge in [-0.15, -0.1) is 0 Å². The van der Waals surface area contributed by atoms with E-state index in [9.17, 15) is 0 Å². The van der Waals surface area contributed by atoms with Crippen LogP contribution in [0.3, 0.4) is 0 Å². The van der Waals surface area contributed by atoms with Crippen LogP contribution in [0.2, 0.25) is 0 Å². The van der Waals surface area contributed by atoms with Crippen LogP contribution < -0.4 is 0 Å². The van der Waals surface area contributed by atoms with Gasteiger partial charge in [0.15, 0.2) is 0 Å². The minimum Gasteiger partial charge on any atom is -0.164 e. The van der Waals surface area contributed by atoms with Gasteiger partial charge in [-0.1, -0.05) is 39.5 Å². The summed E-state index contributed by atoms with van der Waals surface area (Å²) in [5, 5.41) is 8.78. The van der Waals surface area contributed by atoms with Gasteiger partial charge in [0.1, 0.15) is 0 Å². The Hall–Kier alpha value is -0.660. The average molecular weight is 331 g/mol. The average Bonchev–Trinajstić information content (AvgIpc) is 2.62. The van der Waals surface area contributed by atoms with Gasteiger partial charge in [-0.05, 0) is 86.9 Å². The third-order valence-electron chi connectivity index (χ3n) is 7.23. The number of hydrogen-bond acceptors (Lipinski definition) is 2. The lowest BCUT2D eigenvalue weighted by atomic mass is 9.69. The lowest BCUT2D eigenvalue weighted by molar-refractivity contribution is 0.164. The maximum Gasteiger partial charge on any atom is 0.0301 e. The van der Waals surface area contributed by atoms with Crippen LogP contribution in [0.15, 0.2) is 10.2 Å². The first-order valence-corrected chi connectivity index (χ1v) is 10.8. The van der Waals surface area contributed by atoms with E-state index in [0.717, 1.165) is 23.7 Å². The fourth-order valence-electron chi connectivity index (χ4n) is 5.22. The molecule has 0 heterocycles. The van der Waals surface area contributed by atoms with E-state index in [1.807, 2.05) is 0 Å². The summed E-state index contributed by atoms with van der Waals surface area (Å²) < 4.78 is 0. The van der Waals surface area contributed by atoms with Gasteiger partial charge in [-0.25, -0.2) is 0 Å². The second kappa shape index (κ2) is 9.15. The normalized spacial score (nSPS) is 41.9. The fraction of sp³-hybridized carbons (Fsp3) is 0.909. The van der Waals surface area contributed by atoms with Crippen LogP contribution in [0, 0.1) is 35.5 Å². The van der Waals surface area contributed by atoms with Crippen LogP contribution in [0.4, 0.5) is 0 Å². The van der Waals surface area contributed by atoms with Crippen molar-refractivity contribution >= 4 is 12.4 Å². The first-order chi connectivity index (χ1) is 11.7. The fourth-order valence-corrected chi connectivity index (χ4v) is 5.22. The van der Waals surface area contributed by atoms with E-state index in [0.29, 0.717) is 11.8 Å². The van der Waals surface area contributed by atoms with Gasteiger partial charge < -0.3 is 0 Å². The molecule has 0 spiro atoms. The van der Waals surface area contributed by atoms with Crippen LogP contribution in [0.5, 0.6) is 0 Å². The molecule has 0 radical (unpaired) electrons. The Morgan fingerprint density at radius 3 is 1.29 bits per heavy atom. The van der Waals surface area contributed by atoms with Crippen LogP contribution >= 0.6 is 0 Å². The molecule has 3 aliphatic carbocycles. The highest BCUT2D eigenvalue weighted by Crippen LogP contribution is 2.40. The third kappa shape index (κ3) is 5.43. The highest BCUT2D eigenvalue weighted by atomic mass is 15.2. The maximum absolute atomic E-state index is 4.40. The first-order valence-electron chi connectivity index (χ1n) is 10.8.